The highest BCUT2D eigenvalue weighted by molar-refractivity contribution is 5.70. The molecule has 0 aliphatic heterocycles. The largest absolute Gasteiger partial charge is 0.425 e. The van der Waals surface area contributed by atoms with Crippen LogP contribution >= 0.6 is 0 Å². The molecule has 7 nitrogen and oxygen atoms in total. The molecule has 0 amide bonds. The predicted molar refractivity (Wildman–Crippen MR) is 184 cm³/mol. The summed E-state index contributed by atoms with van der Waals surface area (Å²) >= 11 is 0. The van der Waals surface area contributed by atoms with Gasteiger partial charge in [0, 0.05) is 12.8 Å². The first-order valence-electron chi connectivity index (χ1n) is 19.4. The summed E-state index contributed by atoms with van der Waals surface area (Å²) in [6, 6.07) is 0. The van der Waals surface area contributed by atoms with E-state index in [0.717, 1.165) is 38.5 Å². The van der Waals surface area contributed by atoms with Crippen LogP contribution in [0.5, 0.6) is 0 Å². The molecular weight excluding hydrogens is 568 g/mol. The van der Waals surface area contributed by atoms with Crippen LogP contribution in [-0.4, -0.2) is 39.5 Å². The Morgan fingerprint density at radius 1 is 0.444 bits per heavy atom. The first kappa shape index (κ1) is 43.8. The maximum Gasteiger partial charge on any atom is 0.390 e. The van der Waals surface area contributed by atoms with Crippen LogP contribution in [0.15, 0.2) is 0 Å². The molecule has 0 rings (SSSR count). The van der Waals surface area contributed by atoms with Crippen molar-refractivity contribution in [1.29, 1.82) is 0 Å². The third kappa shape index (κ3) is 31.2. The number of unbranched alkanes of at least 4 members (excludes halogenated alkanes) is 28. The molecule has 1 unspecified atom stereocenters. The van der Waals surface area contributed by atoms with E-state index in [1.807, 2.05) is 0 Å². The number of ether oxygens (including phenoxy) is 2. The summed E-state index contributed by atoms with van der Waals surface area (Å²) in [6.07, 6.45) is 34.2. The molecule has 0 aromatic heterocycles. The van der Waals surface area contributed by atoms with Gasteiger partial charge in [0.25, 0.3) is 6.29 Å². The average Bonchev–Trinajstić information content (AvgIpc) is 3.00. The third-order valence-corrected chi connectivity index (χ3v) is 8.80. The summed E-state index contributed by atoms with van der Waals surface area (Å²) in [6.45, 7) is 4.50. The predicted octanol–water partition coefficient (Wildman–Crippen LogP) is 10.6. The molecule has 1 atom stereocenters. The summed E-state index contributed by atoms with van der Waals surface area (Å²) < 4.78 is 9.30. The van der Waals surface area contributed by atoms with E-state index in [2.05, 4.69) is 18.6 Å². The second kappa shape index (κ2) is 32.7. The standard InChI is InChI=1S/C38H74O7/c1-3-5-7-9-11-13-15-17-19-21-23-25-27-29-31-33-35(39)44-37(41)38(42,43)45-36(40)34-32-30-28-26-24-22-20-18-16-14-12-10-8-6-4-2/h37,41-43H,3-34H2,1-2H3. The summed E-state index contributed by atoms with van der Waals surface area (Å²) in [4.78, 5) is 24.0. The Hall–Kier alpha value is -1.18. The van der Waals surface area contributed by atoms with E-state index in [1.165, 1.54) is 141 Å². The maximum atomic E-state index is 12.0. The SMILES string of the molecule is CCCCCCCCCCCCCCCCCC(=O)OC(O)C(O)(O)OC(=O)CCCCCCCCCCCCCCCCC. The summed E-state index contributed by atoms with van der Waals surface area (Å²) in [5, 5.41) is 29.7. The Kier molecular flexibility index (Phi) is 31.9. The number of carbonyl (C=O) groups excluding carboxylic acids is 2. The summed E-state index contributed by atoms with van der Waals surface area (Å²) in [7, 11) is 0. The van der Waals surface area contributed by atoms with Crippen LogP contribution in [0.1, 0.15) is 219 Å². The average molecular weight is 643 g/mol. The fourth-order valence-corrected chi connectivity index (χ4v) is 5.81. The van der Waals surface area contributed by atoms with Crippen LogP contribution in [0.3, 0.4) is 0 Å². The first-order valence-corrected chi connectivity index (χ1v) is 19.4. The molecular formula is C38H74O7. The monoisotopic (exact) mass is 643 g/mol. The number of esters is 2. The highest BCUT2D eigenvalue weighted by Crippen LogP contribution is 2.18. The van der Waals surface area contributed by atoms with Gasteiger partial charge < -0.3 is 24.8 Å². The van der Waals surface area contributed by atoms with Gasteiger partial charge in [-0.1, -0.05) is 194 Å². The number of hydrogen-bond acceptors (Lipinski definition) is 7. The highest BCUT2D eigenvalue weighted by Gasteiger charge is 2.41. The molecule has 268 valence electrons. The van der Waals surface area contributed by atoms with Crippen molar-refractivity contribution < 1.29 is 34.4 Å². The highest BCUT2D eigenvalue weighted by atomic mass is 16.8. The minimum Gasteiger partial charge on any atom is -0.425 e. The summed E-state index contributed by atoms with van der Waals surface area (Å²) in [5.41, 5.74) is 0. The molecule has 0 saturated heterocycles. The van der Waals surface area contributed by atoms with Gasteiger partial charge in [-0.3, -0.25) is 9.59 Å². The molecule has 0 aromatic carbocycles. The van der Waals surface area contributed by atoms with Gasteiger partial charge in [0.2, 0.25) is 0 Å². The van der Waals surface area contributed by atoms with Crippen molar-refractivity contribution >= 4 is 11.9 Å². The van der Waals surface area contributed by atoms with Gasteiger partial charge in [0.05, 0.1) is 0 Å². The van der Waals surface area contributed by atoms with Gasteiger partial charge in [-0.15, -0.1) is 0 Å². The number of rotatable bonds is 35. The topological polar surface area (TPSA) is 113 Å². The Labute approximate surface area is 277 Å². The van der Waals surface area contributed by atoms with Crippen molar-refractivity contribution in [2.24, 2.45) is 0 Å². The second-order valence-electron chi connectivity index (χ2n) is 13.4. The van der Waals surface area contributed by atoms with Gasteiger partial charge >= 0.3 is 17.9 Å². The Bertz CT molecular complexity index is 652. The van der Waals surface area contributed by atoms with Crippen LogP contribution in [0.25, 0.3) is 0 Å². The Morgan fingerprint density at radius 3 is 0.978 bits per heavy atom. The molecule has 3 N–H and O–H groups in total. The van der Waals surface area contributed by atoms with Crippen LogP contribution < -0.4 is 0 Å². The van der Waals surface area contributed by atoms with Crippen molar-refractivity contribution in [3.8, 4) is 0 Å². The van der Waals surface area contributed by atoms with Gasteiger partial charge in [-0.25, -0.2) is 0 Å². The van der Waals surface area contributed by atoms with Crippen molar-refractivity contribution in [3.05, 3.63) is 0 Å². The molecule has 0 saturated carbocycles. The molecule has 0 bridgehead atoms. The minimum absolute atomic E-state index is 0.0148. The fourth-order valence-electron chi connectivity index (χ4n) is 5.81. The van der Waals surface area contributed by atoms with E-state index >= 15 is 0 Å². The third-order valence-electron chi connectivity index (χ3n) is 8.80. The zero-order valence-electron chi connectivity index (χ0n) is 29.7. The molecule has 0 aromatic rings. The molecule has 0 fully saturated rings. The second-order valence-corrected chi connectivity index (χ2v) is 13.4. The number of aliphatic hydroxyl groups is 3. The van der Waals surface area contributed by atoms with Gasteiger partial charge in [-0.2, -0.15) is 0 Å². The lowest BCUT2D eigenvalue weighted by Crippen LogP contribution is -2.48. The molecule has 0 radical (unpaired) electrons. The van der Waals surface area contributed by atoms with Gasteiger partial charge in [-0.05, 0) is 12.8 Å². The van der Waals surface area contributed by atoms with Crippen molar-refractivity contribution in [2.45, 2.75) is 232 Å². The van der Waals surface area contributed by atoms with Crippen LogP contribution in [0, 0.1) is 0 Å². The van der Waals surface area contributed by atoms with E-state index in [4.69, 9.17) is 4.74 Å². The zero-order chi connectivity index (χ0) is 33.3. The Balaban J connectivity index is 3.64. The molecule has 7 heteroatoms. The number of hydrogen-bond donors (Lipinski definition) is 3. The lowest BCUT2D eigenvalue weighted by molar-refractivity contribution is -0.397. The van der Waals surface area contributed by atoms with Gasteiger partial charge in [0.1, 0.15) is 0 Å². The summed E-state index contributed by atoms with van der Waals surface area (Å²) in [5.74, 6) is -4.84. The van der Waals surface area contributed by atoms with Crippen LogP contribution in [0.2, 0.25) is 0 Å². The van der Waals surface area contributed by atoms with Crippen molar-refractivity contribution in [1.82, 2.24) is 0 Å². The minimum atomic E-state index is -3.25. The number of aliphatic hydroxyl groups excluding tert-OH is 1. The van der Waals surface area contributed by atoms with E-state index in [0.29, 0.717) is 12.8 Å². The normalized spacial score (nSPS) is 12.4. The molecule has 0 aliphatic carbocycles. The fraction of sp³-hybridized carbons (Fsp3) is 0.947. The van der Waals surface area contributed by atoms with E-state index in [1.54, 1.807) is 0 Å². The lowest BCUT2D eigenvalue weighted by Gasteiger charge is -2.25. The quantitative estimate of drug-likeness (QED) is 0.0358. The molecule has 45 heavy (non-hydrogen) atoms. The number of carbonyl (C=O) groups is 2. The molecule has 0 aliphatic rings. The van der Waals surface area contributed by atoms with Crippen molar-refractivity contribution in [2.75, 3.05) is 0 Å². The lowest BCUT2D eigenvalue weighted by atomic mass is 10.0. The van der Waals surface area contributed by atoms with E-state index in [9.17, 15) is 24.9 Å². The van der Waals surface area contributed by atoms with Crippen LogP contribution in [-0.2, 0) is 19.1 Å². The Morgan fingerprint density at radius 2 is 0.689 bits per heavy atom. The molecule has 0 spiro atoms. The molecule has 0 heterocycles. The van der Waals surface area contributed by atoms with Crippen LogP contribution in [0.4, 0.5) is 0 Å². The smallest absolute Gasteiger partial charge is 0.390 e. The van der Waals surface area contributed by atoms with E-state index < -0.39 is 24.2 Å². The zero-order valence-corrected chi connectivity index (χ0v) is 29.7. The van der Waals surface area contributed by atoms with Gasteiger partial charge in [0.15, 0.2) is 0 Å². The van der Waals surface area contributed by atoms with E-state index in [-0.39, 0.29) is 12.8 Å². The maximum absolute atomic E-state index is 12.0. The first-order chi connectivity index (χ1) is 21.8. The van der Waals surface area contributed by atoms with Crippen molar-refractivity contribution in [3.63, 3.8) is 0 Å².